The van der Waals surface area contributed by atoms with Crippen molar-refractivity contribution in [2.24, 2.45) is 17.5 Å². The average Bonchev–Trinajstić information content (AvgIpc) is 3.19. The molecule has 5 rings (SSSR count). The molecule has 7 nitrogen and oxygen atoms in total. The van der Waals surface area contributed by atoms with Crippen LogP contribution in [0.15, 0.2) is 42.2 Å². The fraction of sp³-hybridized carbons (Fsp3) is 0.367. The molecule has 2 aromatic carbocycles. The number of pyridine rings is 1. The van der Waals surface area contributed by atoms with Gasteiger partial charge in [-0.2, -0.15) is 0 Å². The van der Waals surface area contributed by atoms with E-state index in [9.17, 15) is 9.50 Å². The number of fused-ring (bicyclic) bond motifs is 3. The summed E-state index contributed by atoms with van der Waals surface area (Å²) in [5.41, 5.74) is 6.85. The van der Waals surface area contributed by atoms with Crippen molar-refractivity contribution >= 4 is 27.6 Å². The molecule has 0 amide bonds. The summed E-state index contributed by atoms with van der Waals surface area (Å²) in [7, 11) is 1.61. The van der Waals surface area contributed by atoms with Gasteiger partial charge in [-0.15, -0.1) is 0 Å². The third kappa shape index (κ3) is 5.13. The average molecular weight is 572 g/mol. The molecule has 4 aromatic rings. The van der Waals surface area contributed by atoms with Gasteiger partial charge in [-0.1, -0.05) is 0 Å². The number of benzene rings is 2. The predicted molar refractivity (Wildman–Crippen MR) is 149 cm³/mol. The zero-order chi connectivity index (χ0) is 29.8. The van der Waals surface area contributed by atoms with E-state index in [-0.39, 0.29) is 33.5 Å². The number of nitrogens with zero attached hydrogens (tertiary/aromatic N) is 3. The maximum Gasteiger partial charge on any atom is 0.135 e. The third-order valence-corrected chi connectivity index (χ3v) is 7.73. The maximum absolute atomic E-state index is 15.9. The van der Waals surface area contributed by atoms with Crippen molar-refractivity contribution in [2.75, 3.05) is 20.3 Å². The van der Waals surface area contributed by atoms with Crippen LogP contribution in [0.2, 0.25) is 0 Å². The first-order valence-corrected chi connectivity index (χ1v) is 13.3. The van der Waals surface area contributed by atoms with Crippen molar-refractivity contribution in [1.29, 1.82) is 0 Å². The molecule has 0 bridgehead atoms. The van der Waals surface area contributed by atoms with E-state index in [1.165, 1.54) is 31.1 Å². The van der Waals surface area contributed by atoms with Gasteiger partial charge in [0.25, 0.3) is 0 Å². The SMILES string of the molecule is C/C(N)=C(\c1cnc2c3c(F)cc(C(C)(C)O)cc3n(C(c3c(F)cc(F)cc3F)C3CCOCC3)c2c1)N(C)N. The Bertz CT molecular complexity index is 1640. The fourth-order valence-corrected chi connectivity index (χ4v) is 5.91. The minimum absolute atomic E-state index is 0.121. The summed E-state index contributed by atoms with van der Waals surface area (Å²) >= 11 is 0. The Hall–Kier alpha value is -3.67. The highest BCUT2D eigenvalue weighted by molar-refractivity contribution is 6.07. The number of aliphatic hydroxyl groups is 1. The van der Waals surface area contributed by atoms with Crippen molar-refractivity contribution in [3.8, 4) is 0 Å². The van der Waals surface area contributed by atoms with Crippen molar-refractivity contribution in [1.82, 2.24) is 14.6 Å². The van der Waals surface area contributed by atoms with Crippen LogP contribution >= 0.6 is 0 Å². The molecule has 41 heavy (non-hydrogen) atoms. The fourth-order valence-electron chi connectivity index (χ4n) is 5.91. The van der Waals surface area contributed by atoms with Crippen LogP contribution in [0.25, 0.3) is 27.6 Å². The van der Waals surface area contributed by atoms with Crippen molar-refractivity contribution < 1.29 is 27.4 Å². The number of allylic oxidation sites excluding steroid dienone is 1. The van der Waals surface area contributed by atoms with Gasteiger partial charge in [-0.05, 0) is 63.3 Å². The lowest BCUT2D eigenvalue weighted by Crippen LogP contribution is -2.29. The minimum Gasteiger partial charge on any atom is -0.401 e. The molecular weight excluding hydrogens is 538 g/mol. The highest BCUT2D eigenvalue weighted by Gasteiger charge is 2.35. The smallest absolute Gasteiger partial charge is 0.135 e. The van der Waals surface area contributed by atoms with Gasteiger partial charge in [0.2, 0.25) is 0 Å². The van der Waals surface area contributed by atoms with E-state index in [0.29, 0.717) is 60.7 Å². The molecule has 1 atom stereocenters. The summed E-state index contributed by atoms with van der Waals surface area (Å²) in [5, 5.41) is 12.2. The number of halogens is 4. The van der Waals surface area contributed by atoms with Crippen LogP contribution in [0.3, 0.4) is 0 Å². The van der Waals surface area contributed by atoms with Gasteiger partial charge in [0.15, 0.2) is 0 Å². The molecule has 5 N–H and O–H groups in total. The van der Waals surface area contributed by atoms with Crippen molar-refractivity contribution in [3.63, 3.8) is 0 Å². The summed E-state index contributed by atoms with van der Waals surface area (Å²) in [6, 6.07) is 4.79. The standard InChI is InChI=1S/C30H33F4N5O2/c1-15(35)28(38(4)36)17-9-24-27(37-14-17)26-20(32)10-18(30(2,3)40)11-23(26)39(24)29(16-5-7-41-8-6-16)25-21(33)12-19(31)13-22(25)34/h9-14,16,29,40H,5-8,35-36H2,1-4H3/b28-15-. The van der Waals surface area contributed by atoms with E-state index in [0.717, 1.165) is 0 Å². The van der Waals surface area contributed by atoms with Gasteiger partial charge in [-0.25, -0.2) is 23.4 Å². The maximum atomic E-state index is 15.9. The van der Waals surface area contributed by atoms with E-state index in [4.69, 9.17) is 16.3 Å². The summed E-state index contributed by atoms with van der Waals surface area (Å²) in [5.74, 6) is 1.88. The summed E-state index contributed by atoms with van der Waals surface area (Å²) in [6.07, 6.45) is 2.40. The second kappa shape index (κ2) is 10.6. The first kappa shape index (κ1) is 28.8. The van der Waals surface area contributed by atoms with E-state index in [1.807, 2.05) is 0 Å². The zero-order valence-electron chi connectivity index (χ0n) is 23.3. The number of hydrazine groups is 1. The van der Waals surface area contributed by atoms with E-state index in [1.54, 1.807) is 30.7 Å². The molecule has 218 valence electrons. The van der Waals surface area contributed by atoms with Crippen LogP contribution in [0.1, 0.15) is 56.3 Å². The topological polar surface area (TPSA) is 103 Å². The Morgan fingerprint density at radius 2 is 1.68 bits per heavy atom. The summed E-state index contributed by atoms with van der Waals surface area (Å²) < 4.78 is 68.3. The normalized spacial score (nSPS) is 16.3. The second-order valence-corrected chi connectivity index (χ2v) is 11.2. The number of nitrogens with two attached hydrogens (primary N) is 2. The van der Waals surface area contributed by atoms with E-state index in [2.05, 4.69) is 4.98 Å². The molecule has 1 aliphatic heterocycles. The Labute approximate surface area is 235 Å². The van der Waals surface area contributed by atoms with Crippen LogP contribution in [-0.2, 0) is 10.3 Å². The van der Waals surface area contributed by atoms with Gasteiger partial charge in [0.1, 0.15) is 23.3 Å². The van der Waals surface area contributed by atoms with E-state index < -0.39 is 34.9 Å². The molecule has 11 heteroatoms. The first-order valence-electron chi connectivity index (χ1n) is 13.3. The highest BCUT2D eigenvalue weighted by atomic mass is 19.1. The first-order chi connectivity index (χ1) is 19.3. The predicted octanol–water partition coefficient (Wildman–Crippen LogP) is 5.44. The van der Waals surface area contributed by atoms with Gasteiger partial charge < -0.3 is 25.2 Å². The number of hydrogen-bond donors (Lipinski definition) is 3. The van der Waals surface area contributed by atoms with Gasteiger partial charge in [0, 0.05) is 55.4 Å². The molecule has 1 aliphatic rings. The summed E-state index contributed by atoms with van der Waals surface area (Å²) in [6.45, 7) is 5.41. The molecule has 1 unspecified atom stereocenters. The molecule has 0 aliphatic carbocycles. The Morgan fingerprint density at radius 3 is 2.24 bits per heavy atom. The molecule has 3 heterocycles. The van der Waals surface area contributed by atoms with Crippen molar-refractivity contribution in [3.05, 3.63) is 82.2 Å². The lowest BCUT2D eigenvalue weighted by Gasteiger charge is -2.33. The minimum atomic E-state index is -1.43. The van der Waals surface area contributed by atoms with Crippen LogP contribution in [-0.4, -0.2) is 39.9 Å². The van der Waals surface area contributed by atoms with E-state index >= 15 is 13.2 Å². The molecular formula is C30H33F4N5O2. The Morgan fingerprint density at radius 1 is 1.05 bits per heavy atom. The van der Waals surface area contributed by atoms with Crippen molar-refractivity contribution in [2.45, 2.75) is 45.3 Å². The van der Waals surface area contributed by atoms with Crippen LogP contribution in [0, 0.1) is 29.2 Å². The highest BCUT2D eigenvalue weighted by Crippen LogP contribution is 2.44. The lowest BCUT2D eigenvalue weighted by molar-refractivity contribution is 0.0543. The quantitative estimate of drug-likeness (QED) is 0.162. The van der Waals surface area contributed by atoms with Crippen LogP contribution in [0.5, 0.6) is 0 Å². The molecule has 0 saturated carbocycles. The van der Waals surface area contributed by atoms with Gasteiger partial charge >= 0.3 is 0 Å². The van der Waals surface area contributed by atoms with Gasteiger partial charge in [0.05, 0.1) is 39.3 Å². The summed E-state index contributed by atoms with van der Waals surface area (Å²) in [4.78, 5) is 4.58. The molecule has 0 spiro atoms. The molecule has 1 saturated heterocycles. The van der Waals surface area contributed by atoms with Gasteiger partial charge in [-0.3, -0.25) is 4.98 Å². The largest absolute Gasteiger partial charge is 0.401 e. The Balaban J connectivity index is 1.96. The molecule has 0 radical (unpaired) electrons. The number of hydrogen-bond acceptors (Lipinski definition) is 6. The lowest BCUT2D eigenvalue weighted by atomic mass is 9.86. The monoisotopic (exact) mass is 571 g/mol. The molecule has 1 fully saturated rings. The Kier molecular flexibility index (Phi) is 7.47. The van der Waals surface area contributed by atoms with Crippen LogP contribution in [0.4, 0.5) is 17.6 Å². The van der Waals surface area contributed by atoms with Crippen LogP contribution < -0.4 is 11.6 Å². The number of rotatable bonds is 6. The number of ether oxygens (including phenoxy) is 1. The molecule has 2 aromatic heterocycles. The zero-order valence-corrected chi connectivity index (χ0v) is 23.3. The third-order valence-electron chi connectivity index (χ3n) is 7.73. The second-order valence-electron chi connectivity index (χ2n) is 11.2. The number of aromatic nitrogens is 2.